The van der Waals surface area contributed by atoms with E-state index in [9.17, 15) is 17.2 Å². The van der Waals surface area contributed by atoms with Crippen LogP contribution in [0.15, 0.2) is 0 Å². The number of nitrogens with zero attached hydrogens (tertiary/aromatic N) is 1. The van der Waals surface area contributed by atoms with Crippen LogP contribution in [0.4, 0.5) is 8.78 Å². The van der Waals surface area contributed by atoms with Crippen molar-refractivity contribution in [3.63, 3.8) is 0 Å². The Hall–Kier alpha value is -0.310. The molecule has 21 heavy (non-hydrogen) atoms. The highest BCUT2D eigenvalue weighted by molar-refractivity contribution is 7.86. The minimum atomic E-state index is -3.76. The molecule has 1 spiro atoms. The van der Waals surface area contributed by atoms with Crippen molar-refractivity contribution in [1.82, 2.24) is 9.62 Å². The van der Waals surface area contributed by atoms with Gasteiger partial charge in [-0.05, 0) is 37.0 Å². The lowest BCUT2D eigenvalue weighted by Gasteiger charge is -2.56. The van der Waals surface area contributed by atoms with E-state index in [1.54, 1.807) is 0 Å². The molecular formula is C13H23F2N3O2S. The zero-order chi connectivity index (χ0) is 15.3. The number of hydrogen-bond donors (Lipinski definition) is 2. The van der Waals surface area contributed by atoms with Crippen LogP contribution in [0.1, 0.15) is 38.5 Å². The van der Waals surface area contributed by atoms with Crippen LogP contribution in [0.2, 0.25) is 0 Å². The van der Waals surface area contributed by atoms with Gasteiger partial charge in [-0.25, -0.2) is 13.9 Å². The van der Waals surface area contributed by atoms with E-state index in [1.807, 2.05) is 0 Å². The zero-order valence-electron chi connectivity index (χ0n) is 12.0. The fraction of sp³-hybridized carbons (Fsp3) is 1.00. The van der Waals surface area contributed by atoms with Gasteiger partial charge in [0.2, 0.25) is 5.92 Å². The summed E-state index contributed by atoms with van der Waals surface area (Å²) < 4.78 is 51.4. The van der Waals surface area contributed by atoms with Crippen molar-refractivity contribution in [2.45, 2.75) is 50.5 Å². The van der Waals surface area contributed by atoms with E-state index in [0.29, 0.717) is 19.4 Å². The molecule has 1 heterocycles. The standard InChI is InChI=1S/C13H23F2N3O2S/c14-13(15)3-1-10(2-4-13)7-18(21(16,19)20)11-5-12(6-11)8-17-9-12/h10-11,17H,1-9H2,(H2,16,19,20). The normalized spacial score (nSPS) is 31.9. The number of alkyl halides is 2. The monoisotopic (exact) mass is 323 g/mol. The second-order valence-corrected chi connectivity index (χ2v) is 8.58. The summed E-state index contributed by atoms with van der Waals surface area (Å²) in [5, 5.41) is 8.55. The molecule has 8 heteroatoms. The fourth-order valence-corrected chi connectivity index (χ4v) is 4.89. The first-order valence-corrected chi connectivity index (χ1v) is 9.08. The van der Waals surface area contributed by atoms with Gasteiger partial charge < -0.3 is 5.32 Å². The molecule has 3 aliphatic rings. The van der Waals surface area contributed by atoms with Gasteiger partial charge in [0.1, 0.15) is 0 Å². The average molecular weight is 323 g/mol. The molecule has 5 nitrogen and oxygen atoms in total. The Bertz CT molecular complexity index is 490. The molecule has 0 aromatic heterocycles. The van der Waals surface area contributed by atoms with Crippen molar-refractivity contribution in [2.24, 2.45) is 16.5 Å². The largest absolute Gasteiger partial charge is 0.316 e. The second kappa shape index (κ2) is 5.11. The molecule has 0 amide bonds. The molecule has 0 bridgehead atoms. The van der Waals surface area contributed by atoms with Gasteiger partial charge in [0.15, 0.2) is 0 Å². The Labute approximate surface area is 124 Å². The van der Waals surface area contributed by atoms with Crippen molar-refractivity contribution in [1.29, 1.82) is 0 Å². The van der Waals surface area contributed by atoms with E-state index in [1.165, 1.54) is 4.31 Å². The van der Waals surface area contributed by atoms with Crippen molar-refractivity contribution in [3.8, 4) is 0 Å². The van der Waals surface area contributed by atoms with Gasteiger partial charge in [0, 0.05) is 38.5 Å². The molecule has 2 aliphatic carbocycles. The van der Waals surface area contributed by atoms with Crippen LogP contribution in [0.25, 0.3) is 0 Å². The first-order chi connectivity index (χ1) is 9.69. The third kappa shape index (κ3) is 3.23. The summed E-state index contributed by atoms with van der Waals surface area (Å²) >= 11 is 0. The maximum absolute atomic E-state index is 13.2. The molecule has 0 aromatic carbocycles. The quantitative estimate of drug-likeness (QED) is 0.812. The van der Waals surface area contributed by atoms with E-state index in [4.69, 9.17) is 5.14 Å². The lowest BCUT2D eigenvalue weighted by Crippen LogP contribution is -2.66. The predicted octanol–water partition coefficient (Wildman–Crippen LogP) is 1.07. The van der Waals surface area contributed by atoms with E-state index in [2.05, 4.69) is 5.32 Å². The average Bonchev–Trinajstić information content (AvgIpc) is 2.24. The Morgan fingerprint density at radius 1 is 1.19 bits per heavy atom. The van der Waals surface area contributed by atoms with Crippen LogP contribution in [0, 0.1) is 11.3 Å². The smallest absolute Gasteiger partial charge is 0.277 e. The molecule has 2 saturated carbocycles. The Balaban J connectivity index is 1.59. The van der Waals surface area contributed by atoms with Crippen molar-refractivity contribution in [3.05, 3.63) is 0 Å². The summed E-state index contributed by atoms with van der Waals surface area (Å²) in [6.45, 7) is 2.18. The van der Waals surface area contributed by atoms with Crippen LogP contribution in [0.3, 0.4) is 0 Å². The van der Waals surface area contributed by atoms with Crippen LogP contribution >= 0.6 is 0 Å². The summed E-state index contributed by atoms with van der Waals surface area (Å²) in [6.07, 6.45) is 2.12. The molecular weight excluding hydrogens is 300 g/mol. The molecule has 0 aromatic rings. The van der Waals surface area contributed by atoms with Crippen LogP contribution < -0.4 is 10.5 Å². The zero-order valence-corrected chi connectivity index (χ0v) is 12.8. The highest BCUT2D eigenvalue weighted by atomic mass is 32.2. The maximum Gasteiger partial charge on any atom is 0.277 e. The Morgan fingerprint density at radius 2 is 1.76 bits per heavy atom. The SMILES string of the molecule is NS(=O)(=O)N(CC1CCC(F)(F)CC1)C1CC2(CNC2)C1. The molecule has 0 radical (unpaired) electrons. The van der Waals surface area contributed by atoms with Gasteiger partial charge in [0.05, 0.1) is 0 Å². The van der Waals surface area contributed by atoms with Gasteiger partial charge >= 0.3 is 0 Å². The van der Waals surface area contributed by atoms with Crippen molar-refractivity contribution >= 4 is 10.2 Å². The third-order valence-electron chi connectivity index (χ3n) is 5.35. The van der Waals surface area contributed by atoms with Crippen LogP contribution in [-0.2, 0) is 10.2 Å². The molecule has 3 fully saturated rings. The first kappa shape index (κ1) is 15.6. The van der Waals surface area contributed by atoms with Gasteiger partial charge in [-0.3, -0.25) is 0 Å². The van der Waals surface area contributed by atoms with Crippen LogP contribution in [0.5, 0.6) is 0 Å². The van der Waals surface area contributed by atoms with E-state index < -0.39 is 16.1 Å². The maximum atomic E-state index is 13.2. The van der Waals surface area contributed by atoms with Gasteiger partial charge in [0.25, 0.3) is 10.2 Å². The lowest BCUT2D eigenvalue weighted by molar-refractivity contribution is -0.0528. The summed E-state index contributed by atoms with van der Waals surface area (Å²) in [4.78, 5) is 0. The molecule has 1 aliphatic heterocycles. The first-order valence-electron chi connectivity index (χ1n) is 7.57. The van der Waals surface area contributed by atoms with Crippen molar-refractivity contribution < 1.29 is 17.2 Å². The number of halogens is 2. The molecule has 3 rings (SSSR count). The number of nitrogens with one attached hydrogen (secondary N) is 1. The van der Waals surface area contributed by atoms with E-state index in [-0.39, 0.29) is 30.2 Å². The Kier molecular flexibility index (Phi) is 3.79. The summed E-state index contributed by atoms with van der Waals surface area (Å²) in [7, 11) is -3.76. The molecule has 0 atom stereocenters. The minimum absolute atomic E-state index is 0.000912. The minimum Gasteiger partial charge on any atom is -0.316 e. The van der Waals surface area contributed by atoms with Gasteiger partial charge in [-0.15, -0.1) is 0 Å². The molecule has 0 unspecified atom stereocenters. The lowest BCUT2D eigenvalue weighted by atomic mass is 9.61. The number of hydrogen-bond acceptors (Lipinski definition) is 3. The van der Waals surface area contributed by atoms with Gasteiger partial charge in [-0.1, -0.05) is 0 Å². The van der Waals surface area contributed by atoms with E-state index in [0.717, 1.165) is 25.9 Å². The summed E-state index contributed by atoms with van der Waals surface area (Å²) in [6, 6.07) is -0.0514. The Morgan fingerprint density at radius 3 is 2.19 bits per heavy atom. The summed E-state index contributed by atoms with van der Waals surface area (Å²) in [5.41, 5.74) is 0.257. The van der Waals surface area contributed by atoms with E-state index >= 15 is 0 Å². The predicted molar refractivity (Wildman–Crippen MR) is 75.0 cm³/mol. The molecule has 1 saturated heterocycles. The number of rotatable bonds is 4. The highest BCUT2D eigenvalue weighted by Crippen LogP contribution is 2.47. The molecule has 122 valence electrons. The van der Waals surface area contributed by atoms with Gasteiger partial charge in [-0.2, -0.15) is 12.7 Å². The topological polar surface area (TPSA) is 75.4 Å². The fourth-order valence-electron chi connectivity index (χ4n) is 3.91. The van der Waals surface area contributed by atoms with Crippen molar-refractivity contribution in [2.75, 3.05) is 19.6 Å². The second-order valence-electron chi connectivity index (χ2n) is 7.08. The highest BCUT2D eigenvalue weighted by Gasteiger charge is 2.52. The summed E-state index contributed by atoms with van der Waals surface area (Å²) in [5.74, 6) is -2.58. The molecule has 3 N–H and O–H groups in total. The van der Waals surface area contributed by atoms with Crippen LogP contribution in [-0.4, -0.2) is 44.3 Å². The third-order valence-corrected chi connectivity index (χ3v) is 6.45. The number of nitrogens with two attached hydrogens (primary N) is 1.